The molecule has 0 aliphatic carbocycles. The summed E-state index contributed by atoms with van der Waals surface area (Å²) in [5.74, 6) is 0. The molecule has 1 N–H and O–H groups in total. The molecular weight excluding hydrogens is 306 g/mol. The molecule has 2 aromatic rings. The van der Waals surface area contributed by atoms with Crippen LogP contribution in [-0.4, -0.2) is 0 Å². The number of rotatable bonds is 6. The van der Waals surface area contributed by atoms with E-state index in [1.807, 2.05) is 11.3 Å². The molecule has 0 saturated heterocycles. The Kier molecular flexibility index (Phi) is 5.42. The number of thiophene rings is 1. The molecule has 2 rings (SSSR count). The fraction of sp³-hybridized carbons (Fsp3) is 0.333. The van der Waals surface area contributed by atoms with Crippen LogP contribution in [0.5, 0.6) is 0 Å². The Balaban J connectivity index is 2.00. The molecule has 1 aromatic carbocycles. The largest absolute Gasteiger partial charge is 0.305 e. The monoisotopic (exact) mass is 323 g/mol. The van der Waals surface area contributed by atoms with Gasteiger partial charge in [0, 0.05) is 21.9 Å². The van der Waals surface area contributed by atoms with Crippen molar-refractivity contribution in [3.05, 3.63) is 56.7 Å². The maximum absolute atomic E-state index is 3.66. The summed E-state index contributed by atoms with van der Waals surface area (Å²) in [5.41, 5.74) is 1.31. The van der Waals surface area contributed by atoms with E-state index in [2.05, 4.69) is 69.9 Å². The van der Waals surface area contributed by atoms with E-state index in [9.17, 15) is 0 Å². The van der Waals surface area contributed by atoms with E-state index in [1.54, 1.807) is 0 Å². The highest BCUT2D eigenvalue weighted by Gasteiger charge is 2.11. The van der Waals surface area contributed by atoms with Crippen molar-refractivity contribution in [2.75, 3.05) is 0 Å². The topological polar surface area (TPSA) is 12.0 Å². The maximum atomic E-state index is 3.66. The fourth-order valence-corrected chi connectivity index (χ4v) is 3.26. The van der Waals surface area contributed by atoms with E-state index in [1.165, 1.54) is 27.8 Å². The lowest BCUT2D eigenvalue weighted by Crippen LogP contribution is -2.20. The van der Waals surface area contributed by atoms with Gasteiger partial charge < -0.3 is 5.32 Å². The minimum absolute atomic E-state index is 0.474. The van der Waals surface area contributed by atoms with Crippen LogP contribution < -0.4 is 5.32 Å². The van der Waals surface area contributed by atoms with Gasteiger partial charge in [0.05, 0.1) is 0 Å². The molecule has 0 radical (unpaired) electrons. The van der Waals surface area contributed by atoms with Crippen molar-refractivity contribution < 1.29 is 0 Å². The lowest BCUT2D eigenvalue weighted by Gasteiger charge is -2.17. The van der Waals surface area contributed by atoms with Crippen molar-refractivity contribution in [3.63, 3.8) is 0 Å². The molecule has 1 nitrogen and oxygen atoms in total. The first-order chi connectivity index (χ1) is 8.81. The minimum atomic E-state index is 0.474. The third kappa shape index (κ3) is 3.67. The zero-order valence-electron chi connectivity index (χ0n) is 10.5. The van der Waals surface area contributed by atoms with Crippen LogP contribution in [0.3, 0.4) is 0 Å². The average molecular weight is 324 g/mol. The number of hydrogen-bond acceptors (Lipinski definition) is 2. The molecule has 0 amide bonds. The van der Waals surface area contributed by atoms with Crippen molar-refractivity contribution in [2.45, 2.75) is 32.4 Å². The quantitative estimate of drug-likeness (QED) is 0.775. The van der Waals surface area contributed by atoms with Crippen molar-refractivity contribution in [3.8, 4) is 0 Å². The minimum Gasteiger partial charge on any atom is -0.305 e. The Morgan fingerprint density at radius 3 is 2.72 bits per heavy atom. The van der Waals surface area contributed by atoms with Gasteiger partial charge in [-0.2, -0.15) is 0 Å². The summed E-state index contributed by atoms with van der Waals surface area (Å²) in [6.45, 7) is 3.14. The Morgan fingerprint density at radius 2 is 2.06 bits per heavy atom. The Bertz CT molecular complexity index is 467. The molecule has 0 spiro atoms. The molecule has 0 aliphatic rings. The summed E-state index contributed by atoms with van der Waals surface area (Å²) in [6.07, 6.45) is 2.39. The predicted molar refractivity (Wildman–Crippen MR) is 82.9 cm³/mol. The molecule has 3 heteroatoms. The fourth-order valence-electron chi connectivity index (χ4n) is 2.00. The molecule has 1 unspecified atom stereocenters. The number of halogens is 1. The average Bonchev–Trinajstić information content (AvgIpc) is 2.90. The number of nitrogens with one attached hydrogen (secondary N) is 1. The molecule has 0 saturated carbocycles. The third-order valence-electron chi connectivity index (χ3n) is 2.96. The van der Waals surface area contributed by atoms with Crippen LogP contribution in [-0.2, 0) is 6.54 Å². The van der Waals surface area contributed by atoms with Gasteiger partial charge in [-0.15, -0.1) is 11.3 Å². The predicted octanol–water partition coefficient (Wildman–Crippen LogP) is 5.14. The van der Waals surface area contributed by atoms with E-state index in [0.717, 1.165) is 6.54 Å². The SMILES string of the molecule is CCCC(NCc1ccccc1Br)c1cccs1. The van der Waals surface area contributed by atoms with Crippen LogP contribution in [0.1, 0.15) is 36.2 Å². The molecular formula is C15H18BrNS. The highest BCUT2D eigenvalue weighted by Crippen LogP contribution is 2.24. The van der Waals surface area contributed by atoms with Crippen molar-refractivity contribution in [1.29, 1.82) is 0 Å². The second-order valence-electron chi connectivity index (χ2n) is 4.33. The Labute approximate surface area is 121 Å². The van der Waals surface area contributed by atoms with Crippen LogP contribution >= 0.6 is 27.3 Å². The van der Waals surface area contributed by atoms with Crippen LogP contribution in [0.15, 0.2) is 46.3 Å². The van der Waals surface area contributed by atoms with Crippen molar-refractivity contribution in [2.24, 2.45) is 0 Å². The molecule has 96 valence electrons. The van der Waals surface area contributed by atoms with Gasteiger partial charge >= 0.3 is 0 Å². The molecule has 18 heavy (non-hydrogen) atoms. The third-order valence-corrected chi connectivity index (χ3v) is 4.72. The maximum Gasteiger partial charge on any atom is 0.0417 e. The molecule has 0 bridgehead atoms. The van der Waals surface area contributed by atoms with E-state index in [4.69, 9.17) is 0 Å². The van der Waals surface area contributed by atoms with Gasteiger partial charge in [-0.05, 0) is 29.5 Å². The number of benzene rings is 1. The summed E-state index contributed by atoms with van der Waals surface area (Å²) in [4.78, 5) is 1.43. The summed E-state index contributed by atoms with van der Waals surface area (Å²) in [7, 11) is 0. The highest BCUT2D eigenvalue weighted by atomic mass is 79.9. The highest BCUT2D eigenvalue weighted by molar-refractivity contribution is 9.10. The van der Waals surface area contributed by atoms with Crippen molar-refractivity contribution in [1.82, 2.24) is 5.32 Å². The molecule has 0 fully saturated rings. The Morgan fingerprint density at radius 1 is 1.22 bits per heavy atom. The van der Waals surface area contributed by atoms with Gasteiger partial charge in [0.2, 0.25) is 0 Å². The van der Waals surface area contributed by atoms with E-state index >= 15 is 0 Å². The first-order valence-corrected chi connectivity index (χ1v) is 7.98. The smallest absolute Gasteiger partial charge is 0.0417 e. The molecule has 1 aromatic heterocycles. The summed E-state index contributed by atoms with van der Waals surface area (Å²) in [5, 5.41) is 5.81. The standard InChI is InChI=1S/C15H18BrNS/c1-2-6-14(15-9-5-10-18-15)17-11-12-7-3-4-8-13(12)16/h3-5,7-10,14,17H,2,6,11H2,1H3. The zero-order valence-corrected chi connectivity index (χ0v) is 12.9. The van der Waals surface area contributed by atoms with Gasteiger partial charge in [0.1, 0.15) is 0 Å². The molecule has 1 heterocycles. The molecule has 0 aliphatic heterocycles. The van der Waals surface area contributed by atoms with Crippen LogP contribution in [0, 0.1) is 0 Å². The van der Waals surface area contributed by atoms with E-state index in [-0.39, 0.29) is 0 Å². The normalized spacial score (nSPS) is 12.6. The van der Waals surface area contributed by atoms with Gasteiger partial charge in [0.15, 0.2) is 0 Å². The first kappa shape index (κ1) is 13.8. The second-order valence-corrected chi connectivity index (χ2v) is 6.16. The van der Waals surface area contributed by atoms with Crippen molar-refractivity contribution >= 4 is 27.3 Å². The summed E-state index contributed by atoms with van der Waals surface area (Å²) < 4.78 is 1.18. The van der Waals surface area contributed by atoms with Gasteiger partial charge in [0.25, 0.3) is 0 Å². The number of hydrogen-bond donors (Lipinski definition) is 1. The van der Waals surface area contributed by atoms with E-state index < -0.39 is 0 Å². The second kappa shape index (κ2) is 7.07. The van der Waals surface area contributed by atoms with Gasteiger partial charge in [-0.25, -0.2) is 0 Å². The summed E-state index contributed by atoms with van der Waals surface area (Å²) >= 11 is 5.43. The molecule has 1 atom stereocenters. The van der Waals surface area contributed by atoms with Crippen LogP contribution in [0.4, 0.5) is 0 Å². The first-order valence-electron chi connectivity index (χ1n) is 6.31. The van der Waals surface area contributed by atoms with Crippen LogP contribution in [0.25, 0.3) is 0 Å². The lowest BCUT2D eigenvalue weighted by atomic mass is 10.1. The van der Waals surface area contributed by atoms with E-state index in [0.29, 0.717) is 6.04 Å². The Hall–Kier alpha value is -0.640. The summed E-state index contributed by atoms with van der Waals surface area (Å²) in [6, 6.07) is 13.2. The van der Waals surface area contributed by atoms with Crippen LogP contribution in [0.2, 0.25) is 0 Å². The van der Waals surface area contributed by atoms with Gasteiger partial charge in [-0.3, -0.25) is 0 Å². The lowest BCUT2D eigenvalue weighted by molar-refractivity contribution is 0.500. The zero-order chi connectivity index (χ0) is 12.8. The van der Waals surface area contributed by atoms with Gasteiger partial charge in [-0.1, -0.05) is 53.5 Å².